The number of carbonyl (C=O) groups is 3. The van der Waals surface area contributed by atoms with E-state index < -0.39 is 6.04 Å². The van der Waals surface area contributed by atoms with Crippen molar-refractivity contribution in [3.63, 3.8) is 0 Å². The maximum Gasteiger partial charge on any atom is 0.249 e. The van der Waals surface area contributed by atoms with Crippen molar-refractivity contribution in [3.8, 4) is 0 Å². The fourth-order valence-corrected chi connectivity index (χ4v) is 4.07. The summed E-state index contributed by atoms with van der Waals surface area (Å²) >= 11 is 0. The first-order valence-electron chi connectivity index (χ1n) is 10.2. The molecule has 1 saturated carbocycles. The first-order chi connectivity index (χ1) is 13.5. The van der Waals surface area contributed by atoms with E-state index in [1.54, 1.807) is 4.90 Å². The SMILES string of the molecule is COCC(=O)N1CC(N(CC2CCCO2)C(=O)C2CC2)CC1C(=O)NCCN. The number of likely N-dealkylation sites (tertiary alicyclic amines) is 1. The molecule has 28 heavy (non-hydrogen) atoms. The summed E-state index contributed by atoms with van der Waals surface area (Å²) in [5.41, 5.74) is 5.48. The van der Waals surface area contributed by atoms with E-state index in [-0.39, 0.29) is 42.4 Å². The molecule has 9 heteroatoms. The van der Waals surface area contributed by atoms with Gasteiger partial charge in [-0.05, 0) is 32.1 Å². The van der Waals surface area contributed by atoms with Crippen molar-refractivity contribution < 1.29 is 23.9 Å². The van der Waals surface area contributed by atoms with Crippen LogP contribution >= 0.6 is 0 Å². The smallest absolute Gasteiger partial charge is 0.249 e. The second-order valence-corrected chi connectivity index (χ2v) is 7.86. The predicted octanol–water partition coefficient (Wildman–Crippen LogP) is -0.905. The number of amides is 3. The monoisotopic (exact) mass is 396 g/mol. The second kappa shape index (κ2) is 9.67. The molecular weight excluding hydrogens is 364 g/mol. The van der Waals surface area contributed by atoms with E-state index >= 15 is 0 Å². The molecule has 2 saturated heterocycles. The molecule has 0 radical (unpaired) electrons. The summed E-state index contributed by atoms with van der Waals surface area (Å²) in [7, 11) is 1.45. The van der Waals surface area contributed by atoms with Crippen molar-refractivity contribution >= 4 is 17.7 Å². The first-order valence-corrected chi connectivity index (χ1v) is 10.2. The number of carbonyl (C=O) groups excluding carboxylic acids is 3. The number of hydrogen-bond acceptors (Lipinski definition) is 6. The number of hydrogen-bond donors (Lipinski definition) is 2. The highest BCUT2D eigenvalue weighted by atomic mass is 16.5. The van der Waals surface area contributed by atoms with Crippen LogP contribution in [0.2, 0.25) is 0 Å². The molecule has 2 heterocycles. The van der Waals surface area contributed by atoms with Gasteiger partial charge in [0.05, 0.1) is 12.1 Å². The lowest BCUT2D eigenvalue weighted by atomic mass is 10.1. The predicted molar refractivity (Wildman–Crippen MR) is 101 cm³/mol. The van der Waals surface area contributed by atoms with Gasteiger partial charge in [0.1, 0.15) is 12.6 Å². The van der Waals surface area contributed by atoms with Gasteiger partial charge in [0.2, 0.25) is 17.7 Å². The molecule has 0 aromatic rings. The second-order valence-electron chi connectivity index (χ2n) is 7.86. The van der Waals surface area contributed by atoms with Crippen LogP contribution in [0, 0.1) is 5.92 Å². The Labute approximate surface area is 165 Å². The molecule has 0 aromatic heterocycles. The highest BCUT2D eigenvalue weighted by Gasteiger charge is 2.45. The molecule has 3 rings (SSSR count). The maximum atomic E-state index is 13.0. The fourth-order valence-electron chi connectivity index (χ4n) is 4.07. The third-order valence-electron chi connectivity index (χ3n) is 5.69. The molecule has 3 aliphatic rings. The summed E-state index contributed by atoms with van der Waals surface area (Å²) in [5, 5.41) is 2.77. The Kier molecular flexibility index (Phi) is 7.25. The highest BCUT2D eigenvalue weighted by Crippen LogP contribution is 2.34. The third kappa shape index (κ3) is 5.01. The van der Waals surface area contributed by atoms with E-state index in [4.69, 9.17) is 15.2 Å². The van der Waals surface area contributed by atoms with Crippen molar-refractivity contribution in [2.24, 2.45) is 11.7 Å². The number of methoxy groups -OCH3 is 1. The van der Waals surface area contributed by atoms with Gasteiger partial charge < -0.3 is 30.3 Å². The van der Waals surface area contributed by atoms with Crippen LogP contribution in [0.15, 0.2) is 0 Å². The van der Waals surface area contributed by atoms with E-state index in [0.29, 0.717) is 32.6 Å². The highest BCUT2D eigenvalue weighted by molar-refractivity contribution is 5.89. The van der Waals surface area contributed by atoms with Crippen LogP contribution < -0.4 is 11.1 Å². The number of ether oxygens (including phenoxy) is 2. The Morgan fingerprint density at radius 1 is 1.29 bits per heavy atom. The Hall–Kier alpha value is -1.71. The van der Waals surface area contributed by atoms with Gasteiger partial charge in [0.25, 0.3) is 0 Å². The summed E-state index contributed by atoms with van der Waals surface area (Å²) in [6.45, 7) is 2.20. The number of nitrogens with two attached hydrogens (primary N) is 1. The van der Waals surface area contributed by atoms with Gasteiger partial charge >= 0.3 is 0 Å². The summed E-state index contributed by atoms with van der Waals surface area (Å²) in [6.07, 6.45) is 4.24. The van der Waals surface area contributed by atoms with Gasteiger partial charge in [-0.1, -0.05) is 0 Å². The average Bonchev–Trinajstić information content (AvgIpc) is 3.23. The van der Waals surface area contributed by atoms with Crippen molar-refractivity contribution in [1.29, 1.82) is 0 Å². The maximum absolute atomic E-state index is 13.0. The Morgan fingerprint density at radius 3 is 2.68 bits per heavy atom. The molecule has 9 nitrogen and oxygen atoms in total. The molecule has 3 N–H and O–H groups in total. The van der Waals surface area contributed by atoms with E-state index in [9.17, 15) is 14.4 Å². The minimum Gasteiger partial charge on any atom is -0.376 e. The van der Waals surface area contributed by atoms with Crippen molar-refractivity contribution in [2.45, 2.75) is 50.3 Å². The molecule has 3 atom stereocenters. The van der Waals surface area contributed by atoms with Gasteiger partial charge in [0, 0.05) is 45.8 Å². The van der Waals surface area contributed by atoms with Gasteiger partial charge in [0.15, 0.2) is 0 Å². The van der Waals surface area contributed by atoms with Crippen LogP contribution in [0.25, 0.3) is 0 Å². The number of nitrogens with one attached hydrogen (secondary N) is 1. The van der Waals surface area contributed by atoms with E-state index in [2.05, 4.69) is 5.32 Å². The van der Waals surface area contributed by atoms with Crippen LogP contribution in [0.4, 0.5) is 0 Å². The zero-order chi connectivity index (χ0) is 20.1. The average molecular weight is 396 g/mol. The molecule has 0 bridgehead atoms. The van der Waals surface area contributed by atoms with Crippen LogP contribution in [0.5, 0.6) is 0 Å². The summed E-state index contributed by atoms with van der Waals surface area (Å²) in [4.78, 5) is 41.5. The first kappa shape index (κ1) is 21.0. The summed E-state index contributed by atoms with van der Waals surface area (Å²) in [5.74, 6) is -0.264. The normalized spacial score (nSPS) is 27.1. The minimum absolute atomic E-state index is 0.0379. The topological polar surface area (TPSA) is 114 Å². The van der Waals surface area contributed by atoms with E-state index in [1.165, 1.54) is 7.11 Å². The zero-order valence-corrected chi connectivity index (χ0v) is 16.6. The number of nitrogens with zero attached hydrogens (tertiary/aromatic N) is 2. The van der Waals surface area contributed by atoms with E-state index in [0.717, 1.165) is 32.3 Å². The van der Waals surface area contributed by atoms with Crippen molar-refractivity contribution in [3.05, 3.63) is 0 Å². The molecule has 0 spiro atoms. The molecule has 3 amide bonds. The molecular formula is C19H32N4O5. The summed E-state index contributed by atoms with van der Waals surface area (Å²) < 4.78 is 10.7. The lowest BCUT2D eigenvalue weighted by Gasteiger charge is -2.31. The van der Waals surface area contributed by atoms with Crippen LogP contribution in [0.3, 0.4) is 0 Å². The van der Waals surface area contributed by atoms with Gasteiger partial charge in [-0.25, -0.2) is 0 Å². The Bertz CT molecular complexity index is 577. The third-order valence-corrected chi connectivity index (χ3v) is 5.69. The molecule has 3 fully saturated rings. The van der Waals surface area contributed by atoms with Crippen LogP contribution in [-0.4, -0.2) is 92.2 Å². The summed E-state index contributed by atoms with van der Waals surface area (Å²) in [6, 6.07) is -0.801. The van der Waals surface area contributed by atoms with E-state index in [1.807, 2.05) is 4.90 Å². The lowest BCUT2D eigenvalue weighted by molar-refractivity contribution is -0.141. The molecule has 3 unspecified atom stereocenters. The van der Waals surface area contributed by atoms with Crippen molar-refractivity contribution in [1.82, 2.24) is 15.1 Å². The molecule has 1 aliphatic carbocycles. The minimum atomic E-state index is -0.613. The fraction of sp³-hybridized carbons (Fsp3) is 0.842. The zero-order valence-electron chi connectivity index (χ0n) is 16.6. The Morgan fingerprint density at radius 2 is 2.07 bits per heavy atom. The quantitative estimate of drug-likeness (QED) is 0.522. The lowest BCUT2D eigenvalue weighted by Crippen LogP contribution is -2.48. The van der Waals surface area contributed by atoms with Crippen molar-refractivity contribution in [2.75, 3.05) is 46.5 Å². The largest absolute Gasteiger partial charge is 0.376 e. The molecule has 2 aliphatic heterocycles. The number of rotatable bonds is 9. The van der Waals surface area contributed by atoms with Crippen LogP contribution in [-0.2, 0) is 23.9 Å². The molecule has 158 valence electrons. The Balaban J connectivity index is 1.74. The van der Waals surface area contributed by atoms with Gasteiger partial charge in [-0.15, -0.1) is 0 Å². The van der Waals surface area contributed by atoms with Gasteiger partial charge in [-0.3, -0.25) is 14.4 Å². The standard InChI is InChI=1S/C19H32N4O5/c1-27-12-17(24)23-10-14(9-16(23)18(25)21-7-6-20)22(19(26)13-4-5-13)11-15-3-2-8-28-15/h13-16H,2-12,20H2,1H3,(H,21,25). The van der Waals surface area contributed by atoms with Crippen LogP contribution in [0.1, 0.15) is 32.1 Å². The molecule has 0 aromatic carbocycles. The van der Waals surface area contributed by atoms with Gasteiger partial charge in [-0.2, -0.15) is 0 Å².